The smallest absolute Gasteiger partial charge is 0.303 e. The fraction of sp³-hybridized carbons (Fsp3) is 0.833. The zero-order valence-electron chi connectivity index (χ0n) is 9.78. The molecule has 0 radical (unpaired) electrons. The number of hydrogen-bond donors (Lipinski definition) is 1. The van der Waals surface area contributed by atoms with Gasteiger partial charge in [-0.25, -0.2) is 0 Å². The summed E-state index contributed by atoms with van der Waals surface area (Å²) in [7, 11) is 0. The minimum Gasteiger partial charge on any atom is -0.481 e. The van der Waals surface area contributed by atoms with Crippen LogP contribution in [0.2, 0.25) is 0 Å². The van der Waals surface area contributed by atoms with E-state index in [9.17, 15) is 9.59 Å². The lowest BCUT2D eigenvalue weighted by Gasteiger charge is -2.09. The van der Waals surface area contributed by atoms with Crippen LogP contribution in [0, 0.1) is 0 Å². The molecule has 2 unspecified atom stereocenters. The maximum Gasteiger partial charge on any atom is 0.303 e. The highest BCUT2D eigenvalue weighted by atomic mass is 16.5. The Kier molecular flexibility index (Phi) is 5.46. The number of ether oxygens (including phenoxy) is 1. The molecule has 16 heavy (non-hydrogen) atoms. The SMILES string of the molecule is CC1CCC(CCC(=O)CCCC(=O)O)O1. The van der Waals surface area contributed by atoms with Gasteiger partial charge in [-0.15, -0.1) is 0 Å². The number of rotatable bonds is 7. The maximum atomic E-state index is 11.4. The zero-order chi connectivity index (χ0) is 12.0. The van der Waals surface area contributed by atoms with Crippen molar-refractivity contribution in [1.29, 1.82) is 0 Å². The standard InChI is InChI=1S/C12H20O4/c1-9-5-7-11(16-9)8-6-10(13)3-2-4-12(14)15/h9,11H,2-8H2,1H3,(H,14,15). The molecule has 1 aliphatic rings. The lowest BCUT2D eigenvalue weighted by Crippen LogP contribution is -2.11. The molecule has 0 spiro atoms. The number of carbonyl (C=O) groups is 2. The van der Waals surface area contributed by atoms with Crippen LogP contribution in [-0.4, -0.2) is 29.1 Å². The van der Waals surface area contributed by atoms with Crippen molar-refractivity contribution in [3.05, 3.63) is 0 Å². The van der Waals surface area contributed by atoms with Gasteiger partial charge in [0.1, 0.15) is 5.78 Å². The van der Waals surface area contributed by atoms with E-state index in [1.165, 1.54) is 0 Å². The molecule has 1 saturated heterocycles. The Hall–Kier alpha value is -0.900. The largest absolute Gasteiger partial charge is 0.481 e. The van der Waals surface area contributed by atoms with Crippen LogP contribution >= 0.6 is 0 Å². The summed E-state index contributed by atoms with van der Waals surface area (Å²) in [5.74, 6) is -0.676. The van der Waals surface area contributed by atoms with Crippen LogP contribution in [0.15, 0.2) is 0 Å². The lowest BCUT2D eigenvalue weighted by atomic mass is 10.0. The molecule has 1 heterocycles. The number of ketones is 1. The fourth-order valence-corrected chi connectivity index (χ4v) is 1.98. The van der Waals surface area contributed by atoms with E-state index in [4.69, 9.17) is 9.84 Å². The minimum absolute atomic E-state index is 0.0860. The summed E-state index contributed by atoms with van der Waals surface area (Å²) in [4.78, 5) is 21.7. The third-order valence-electron chi connectivity index (χ3n) is 2.91. The summed E-state index contributed by atoms with van der Waals surface area (Å²) in [6, 6.07) is 0. The third-order valence-corrected chi connectivity index (χ3v) is 2.91. The van der Waals surface area contributed by atoms with Gasteiger partial charge in [0.2, 0.25) is 0 Å². The molecule has 92 valence electrons. The molecule has 2 atom stereocenters. The van der Waals surface area contributed by atoms with E-state index in [0.29, 0.717) is 25.4 Å². The quantitative estimate of drug-likeness (QED) is 0.725. The van der Waals surface area contributed by atoms with Gasteiger partial charge in [0.15, 0.2) is 0 Å². The summed E-state index contributed by atoms with van der Waals surface area (Å²) >= 11 is 0. The lowest BCUT2D eigenvalue weighted by molar-refractivity contribution is -0.137. The van der Waals surface area contributed by atoms with Crippen molar-refractivity contribution in [1.82, 2.24) is 0 Å². The molecule has 0 bridgehead atoms. The third kappa shape index (κ3) is 5.26. The molecule has 4 heteroatoms. The van der Waals surface area contributed by atoms with E-state index in [2.05, 4.69) is 6.92 Å². The summed E-state index contributed by atoms with van der Waals surface area (Å²) in [6.07, 6.45) is 4.92. The van der Waals surface area contributed by atoms with Gasteiger partial charge in [0.05, 0.1) is 12.2 Å². The molecule has 0 amide bonds. The first kappa shape index (κ1) is 13.2. The van der Waals surface area contributed by atoms with Crippen LogP contribution < -0.4 is 0 Å². The van der Waals surface area contributed by atoms with E-state index in [1.54, 1.807) is 0 Å². The number of carbonyl (C=O) groups excluding carboxylic acids is 1. The van der Waals surface area contributed by atoms with Crippen LogP contribution in [-0.2, 0) is 14.3 Å². The summed E-state index contributed by atoms with van der Waals surface area (Å²) < 4.78 is 5.61. The second kappa shape index (κ2) is 6.63. The van der Waals surface area contributed by atoms with E-state index in [1.807, 2.05) is 0 Å². The highest BCUT2D eigenvalue weighted by Gasteiger charge is 2.21. The molecule has 0 aromatic carbocycles. The Morgan fingerprint density at radius 1 is 1.25 bits per heavy atom. The Morgan fingerprint density at radius 2 is 2.00 bits per heavy atom. The number of hydrogen-bond acceptors (Lipinski definition) is 3. The Balaban J connectivity index is 2.04. The van der Waals surface area contributed by atoms with Gasteiger partial charge in [0, 0.05) is 19.3 Å². The van der Waals surface area contributed by atoms with Crippen molar-refractivity contribution in [2.45, 2.75) is 64.1 Å². The highest BCUT2D eigenvalue weighted by molar-refractivity contribution is 5.79. The predicted octanol–water partition coefficient (Wildman–Crippen LogP) is 2.16. The van der Waals surface area contributed by atoms with Gasteiger partial charge >= 0.3 is 5.97 Å². The molecule has 4 nitrogen and oxygen atoms in total. The van der Waals surface area contributed by atoms with Crippen LogP contribution in [0.3, 0.4) is 0 Å². The molecule has 1 fully saturated rings. The molecule has 0 aliphatic carbocycles. The highest BCUT2D eigenvalue weighted by Crippen LogP contribution is 2.22. The van der Waals surface area contributed by atoms with Crippen LogP contribution in [0.1, 0.15) is 51.9 Å². The van der Waals surface area contributed by atoms with Crippen LogP contribution in [0.25, 0.3) is 0 Å². The van der Waals surface area contributed by atoms with E-state index < -0.39 is 5.97 Å². The summed E-state index contributed by atoms with van der Waals surface area (Å²) in [6.45, 7) is 2.05. The van der Waals surface area contributed by atoms with Gasteiger partial charge in [-0.05, 0) is 32.6 Å². The second-order valence-electron chi connectivity index (χ2n) is 4.47. The number of carboxylic acid groups (broad SMARTS) is 1. The Morgan fingerprint density at radius 3 is 2.56 bits per heavy atom. The first-order valence-corrected chi connectivity index (χ1v) is 5.97. The maximum absolute atomic E-state index is 11.4. The van der Waals surface area contributed by atoms with Crippen molar-refractivity contribution >= 4 is 11.8 Å². The molecule has 1 N–H and O–H groups in total. The normalized spacial score (nSPS) is 24.6. The average Bonchev–Trinajstić information content (AvgIpc) is 2.61. The summed E-state index contributed by atoms with van der Waals surface area (Å²) in [5, 5.41) is 8.43. The zero-order valence-corrected chi connectivity index (χ0v) is 9.78. The molecule has 1 aliphatic heterocycles. The van der Waals surface area contributed by atoms with Gasteiger partial charge in [0.25, 0.3) is 0 Å². The van der Waals surface area contributed by atoms with Crippen molar-refractivity contribution in [3.8, 4) is 0 Å². The van der Waals surface area contributed by atoms with Crippen LogP contribution in [0.4, 0.5) is 0 Å². The minimum atomic E-state index is -0.833. The first-order chi connectivity index (χ1) is 7.58. The number of Topliss-reactive ketones (excluding diaryl/α,β-unsaturated/α-hetero) is 1. The molecular weight excluding hydrogens is 208 g/mol. The molecular formula is C12H20O4. The predicted molar refractivity (Wildman–Crippen MR) is 59.3 cm³/mol. The van der Waals surface area contributed by atoms with Crippen molar-refractivity contribution in [2.75, 3.05) is 0 Å². The van der Waals surface area contributed by atoms with Crippen molar-refractivity contribution in [3.63, 3.8) is 0 Å². The Labute approximate surface area is 96.0 Å². The molecule has 0 saturated carbocycles. The topological polar surface area (TPSA) is 63.6 Å². The van der Waals surface area contributed by atoms with Crippen LogP contribution in [0.5, 0.6) is 0 Å². The van der Waals surface area contributed by atoms with E-state index in [-0.39, 0.29) is 18.3 Å². The van der Waals surface area contributed by atoms with Gasteiger partial charge < -0.3 is 9.84 Å². The van der Waals surface area contributed by atoms with E-state index in [0.717, 1.165) is 19.3 Å². The Bertz CT molecular complexity index is 249. The monoisotopic (exact) mass is 228 g/mol. The molecule has 0 aromatic heterocycles. The first-order valence-electron chi connectivity index (χ1n) is 5.97. The van der Waals surface area contributed by atoms with Gasteiger partial charge in [-0.3, -0.25) is 9.59 Å². The number of carboxylic acids is 1. The fourth-order valence-electron chi connectivity index (χ4n) is 1.98. The second-order valence-corrected chi connectivity index (χ2v) is 4.47. The van der Waals surface area contributed by atoms with Crippen molar-refractivity contribution < 1.29 is 19.4 Å². The number of aliphatic carboxylic acids is 1. The summed E-state index contributed by atoms with van der Waals surface area (Å²) in [5.41, 5.74) is 0. The van der Waals surface area contributed by atoms with Crippen molar-refractivity contribution in [2.24, 2.45) is 0 Å². The van der Waals surface area contributed by atoms with E-state index >= 15 is 0 Å². The van der Waals surface area contributed by atoms with Gasteiger partial charge in [-0.2, -0.15) is 0 Å². The molecule has 0 aromatic rings. The molecule has 1 rings (SSSR count). The average molecular weight is 228 g/mol. The van der Waals surface area contributed by atoms with Gasteiger partial charge in [-0.1, -0.05) is 0 Å².